The zero-order valence-corrected chi connectivity index (χ0v) is 19.5. The van der Waals surface area contributed by atoms with Gasteiger partial charge in [-0.3, -0.25) is 4.79 Å². The first-order chi connectivity index (χ1) is 17.5. The lowest BCUT2D eigenvalue weighted by Crippen LogP contribution is -2.23. The third kappa shape index (κ3) is 5.58. The predicted molar refractivity (Wildman–Crippen MR) is 130 cm³/mol. The molecular weight excluding hydrogens is 464 g/mol. The molecule has 1 N–H and O–H groups in total. The summed E-state index contributed by atoms with van der Waals surface area (Å²) >= 11 is 0. The Morgan fingerprint density at radius 1 is 0.861 bits per heavy atom. The molecule has 36 heavy (non-hydrogen) atoms. The Bertz CT molecular complexity index is 1430. The number of nitrogens with zero attached hydrogens (tertiary/aromatic N) is 1. The van der Waals surface area contributed by atoms with Crippen LogP contribution in [0.5, 0.6) is 17.2 Å². The summed E-state index contributed by atoms with van der Waals surface area (Å²) in [6, 6.07) is 22.3. The Balaban J connectivity index is 1.60. The zero-order valence-electron chi connectivity index (χ0n) is 19.5. The second-order valence-electron chi connectivity index (χ2n) is 7.50. The first kappa shape index (κ1) is 24.2. The standard InChI is InChI=1S/C27H22N2O7/c1-33-20-13-11-17(12-14-20)16-35-21-10-6-9-19(15-21)24-28-22(27(32)34-2)23(25(30)29-24)36-26(31)18-7-4-3-5-8-18/h3-15H,16H2,1-2H3,(H,28,29,30). The minimum Gasteiger partial charge on any atom is -0.497 e. The van der Waals surface area contributed by atoms with Crippen LogP contribution in [0.1, 0.15) is 26.4 Å². The van der Waals surface area contributed by atoms with Crippen LogP contribution >= 0.6 is 0 Å². The number of aromatic amines is 1. The number of carbonyl (C=O) groups excluding carboxylic acids is 2. The molecule has 0 aliphatic heterocycles. The van der Waals surface area contributed by atoms with E-state index >= 15 is 0 Å². The molecular formula is C27H22N2O7. The molecule has 0 unspecified atom stereocenters. The number of nitrogens with one attached hydrogen (secondary N) is 1. The quantitative estimate of drug-likeness (QED) is 0.371. The Morgan fingerprint density at radius 2 is 1.61 bits per heavy atom. The van der Waals surface area contributed by atoms with Crippen molar-refractivity contribution in [2.75, 3.05) is 14.2 Å². The van der Waals surface area contributed by atoms with E-state index in [0.29, 0.717) is 17.9 Å². The summed E-state index contributed by atoms with van der Waals surface area (Å²) in [6.45, 7) is 0.305. The fourth-order valence-electron chi connectivity index (χ4n) is 3.28. The minimum atomic E-state index is -0.926. The number of esters is 2. The molecule has 0 saturated heterocycles. The van der Waals surface area contributed by atoms with E-state index in [2.05, 4.69) is 9.97 Å². The van der Waals surface area contributed by atoms with Crippen LogP contribution < -0.4 is 19.8 Å². The average molecular weight is 486 g/mol. The molecule has 0 aliphatic carbocycles. The molecule has 9 heteroatoms. The molecule has 4 aromatic rings. The van der Waals surface area contributed by atoms with Gasteiger partial charge in [-0.25, -0.2) is 14.6 Å². The SMILES string of the molecule is COC(=O)c1nc(-c2cccc(OCc3ccc(OC)cc3)c2)[nH]c(=O)c1OC(=O)c1ccccc1. The van der Waals surface area contributed by atoms with Gasteiger partial charge in [0.1, 0.15) is 23.9 Å². The Morgan fingerprint density at radius 3 is 2.31 bits per heavy atom. The number of rotatable bonds is 8. The van der Waals surface area contributed by atoms with Crippen LogP contribution in [-0.4, -0.2) is 36.1 Å². The number of aromatic nitrogens is 2. The summed E-state index contributed by atoms with van der Waals surface area (Å²) < 4.78 is 21.0. The molecule has 0 aliphatic rings. The maximum Gasteiger partial charge on any atom is 0.360 e. The molecule has 0 amide bonds. The molecule has 4 rings (SSSR count). The minimum absolute atomic E-state index is 0.0785. The third-order valence-electron chi connectivity index (χ3n) is 5.13. The molecule has 182 valence electrons. The number of H-pyrrole nitrogens is 1. The fourth-order valence-corrected chi connectivity index (χ4v) is 3.28. The number of benzene rings is 3. The van der Waals surface area contributed by atoms with Crippen molar-refractivity contribution in [3.8, 4) is 28.6 Å². The number of ether oxygens (including phenoxy) is 4. The van der Waals surface area contributed by atoms with Crippen molar-refractivity contribution in [1.29, 1.82) is 0 Å². The highest BCUT2D eigenvalue weighted by atomic mass is 16.5. The number of carbonyl (C=O) groups is 2. The number of methoxy groups -OCH3 is 2. The lowest BCUT2D eigenvalue weighted by Gasteiger charge is -2.11. The predicted octanol–water partition coefficient (Wildman–Crippen LogP) is 4.03. The smallest absolute Gasteiger partial charge is 0.360 e. The highest BCUT2D eigenvalue weighted by Crippen LogP contribution is 2.24. The van der Waals surface area contributed by atoms with Crippen molar-refractivity contribution in [2.24, 2.45) is 0 Å². The number of hydrogen-bond acceptors (Lipinski definition) is 8. The lowest BCUT2D eigenvalue weighted by molar-refractivity contribution is 0.0584. The second-order valence-corrected chi connectivity index (χ2v) is 7.50. The van der Waals surface area contributed by atoms with E-state index in [-0.39, 0.29) is 11.4 Å². The van der Waals surface area contributed by atoms with Crippen LogP contribution in [0.3, 0.4) is 0 Å². The second kappa shape index (κ2) is 11.0. The molecule has 0 spiro atoms. The van der Waals surface area contributed by atoms with Crippen molar-refractivity contribution in [3.63, 3.8) is 0 Å². The first-order valence-corrected chi connectivity index (χ1v) is 10.8. The van der Waals surface area contributed by atoms with E-state index in [1.165, 1.54) is 12.1 Å². The van der Waals surface area contributed by atoms with Crippen molar-refractivity contribution >= 4 is 11.9 Å². The maximum atomic E-state index is 12.8. The van der Waals surface area contributed by atoms with E-state index in [0.717, 1.165) is 18.4 Å². The topological polar surface area (TPSA) is 117 Å². The van der Waals surface area contributed by atoms with E-state index in [9.17, 15) is 14.4 Å². The van der Waals surface area contributed by atoms with E-state index in [4.69, 9.17) is 18.9 Å². The van der Waals surface area contributed by atoms with Crippen LogP contribution in [-0.2, 0) is 11.3 Å². The summed E-state index contributed by atoms with van der Waals surface area (Å²) in [4.78, 5) is 44.5. The monoisotopic (exact) mass is 486 g/mol. The van der Waals surface area contributed by atoms with Crippen LogP contribution in [0.15, 0.2) is 83.7 Å². The molecule has 9 nitrogen and oxygen atoms in total. The highest BCUT2D eigenvalue weighted by Gasteiger charge is 2.24. The van der Waals surface area contributed by atoms with Gasteiger partial charge in [0.2, 0.25) is 5.75 Å². The molecule has 1 aromatic heterocycles. The van der Waals surface area contributed by atoms with Crippen molar-refractivity contribution < 1.29 is 28.5 Å². The van der Waals surface area contributed by atoms with Crippen LogP contribution in [0.25, 0.3) is 11.4 Å². The summed E-state index contributed by atoms with van der Waals surface area (Å²) in [5.74, 6) is -0.943. The van der Waals surface area contributed by atoms with Gasteiger partial charge >= 0.3 is 11.9 Å². The van der Waals surface area contributed by atoms with Gasteiger partial charge in [-0.15, -0.1) is 0 Å². The molecule has 0 fully saturated rings. The third-order valence-corrected chi connectivity index (χ3v) is 5.13. The van der Waals surface area contributed by atoms with Gasteiger partial charge in [-0.2, -0.15) is 0 Å². The first-order valence-electron chi connectivity index (χ1n) is 10.8. The lowest BCUT2D eigenvalue weighted by atomic mass is 10.2. The average Bonchev–Trinajstić information content (AvgIpc) is 2.93. The molecule has 0 radical (unpaired) electrons. The zero-order chi connectivity index (χ0) is 25.5. The fraction of sp³-hybridized carbons (Fsp3) is 0.111. The van der Waals surface area contributed by atoms with Gasteiger partial charge < -0.3 is 23.9 Å². The van der Waals surface area contributed by atoms with E-state index < -0.39 is 28.9 Å². The number of hydrogen-bond donors (Lipinski definition) is 1. The van der Waals surface area contributed by atoms with Crippen molar-refractivity contribution in [2.45, 2.75) is 6.61 Å². The van der Waals surface area contributed by atoms with Gasteiger partial charge in [0.05, 0.1) is 19.8 Å². The van der Waals surface area contributed by atoms with Gasteiger partial charge in [0, 0.05) is 5.56 Å². The Hall–Kier alpha value is -4.92. The summed E-state index contributed by atoms with van der Waals surface area (Å²) in [5, 5.41) is 0. The van der Waals surface area contributed by atoms with E-state index in [1.807, 2.05) is 24.3 Å². The van der Waals surface area contributed by atoms with Crippen LogP contribution in [0.2, 0.25) is 0 Å². The highest BCUT2D eigenvalue weighted by molar-refractivity contribution is 5.95. The largest absolute Gasteiger partial charge is 0.497 e. The normalized spacial score (nSPS) is 10.4. The van der Waals surface area contributed by atoms with Gasteiger partial charge in [0.25, 0.3) is 5.56 Å². The van der Waals surface area contributed by atoms with Crippen molar-refractivity contribution in [3.05, 3.63) is 106 Å². The summed E-state index contributed by atoms with van der Waals surface area (Å²) in [5.41, 5.74) is 0.383. The van der Waals surface area contributed by atoms with Gasteiger partial charge in [-0.05, 0) is 42.0 Å². The molecule has 0 atom stereocenters. The van der Waals surface area contributed by atoms with Gasteiger partial charge in [-0.1, -0.05) is 42.5 Å². The van der Waals surface area contributed by atoms with Crippen molar-refractivity contribution in [1.82, 2.24) is 9.97 Å². The Kier molecular flexibility index (Phi) is 7.40. The Labute approximate surface area is 206 Å². The summed E-state index contributed by atoms with van der Waals surface area (Å²) in [6.07, 6.45) is 0. The molecule has 0 bridgehead atoms. The maximum absolute atomic E-state index is 12.8. The van der Waals surface area contributed by atoms with Crippen LogP contribution in [0.4, 0.5) is 0 Å². The van der Waals surface area contributed by atoms with Crippen LogP contribution in [0, 0.1) is 0 Å². The van der Waals surface area contributed by atoms with E-state index in [1.54, 1.807) is 49.6 Å². The summed E-state index contributed by atoms with van der Waals surface area (Å²) in [7, 11) is 2.74. The molecule has 1 heterocycles. The van der Waals surface area contributed by atoms with Gasteiger partial charge in [0.15, 0.2) is 5.69 Å². The molecule has 0 saturated carbocycles. The molecule has 3 aromatic carbocycles.